The van der Waals surface area contributed by atoms with E-state index < -0.39 is 78.3 Å². The molecular weight excluding hydrogens is 626 g/mol. The molecule has 4 rings (SSSR count). The van der Waals surface area contributed by atoms with E-state index in [9.17, 15) is 55.7 Å². The molecule has 2 aromatic carbocycles. The number of hydrogen-bond donors (Lipinski definition) is 3. The van der Waals surface area contributed by atoms with E-state index >= 15 is 0 Å². The van der Waals surface area contributed by atoms with Gasteiger partial charge in [0.15, 0.2) is 17.7 Å². The van der Waals surface area contributed by atoms with Crippen LogP contribution in [0.4, 0.5) is 26.3 Å². The van der Waals surface area contributed by atoms with Crippen LogP contribution in [-0.2, 0) is 33.6 Å². The predicted molar refractivity (Wildman–Crippen MR) is 141 cm³/mol. The lowest BCUT2D eigenvalue weighted by atomic mass is 9.91. The van der Waals surface area contributed by atoms with Crippen LogP contribution in [0.5, 0.6) is 0 Å². The lowest BCUT2D eigenvalue weighted by Gasteiger charge is -2.21. The first-order valence-electron chi connectivity index (χ1n) is 12.8. The van der Waals surface area contributed by atoms with Gasteiger partial charge in [-0.2, -0.15) is 26.3 Å². The molecule has 0 bridgehead atoms. The van der Waals surface area contributed by atoms with Gasteiger partial charge in [-0.05, 0) is 48.7 Å². The summed E-state index contributed by atoms with van der Waals surface area (Å²) in [6.45, 7) is -2.19. The summed E-state index contributed by atoms with van der Waals surface area (Å²) in [7, 11) is 0. The zero-order chi connectivity index (χ0) is 32.6. The van der Waals surface area contributed by atoms with Gasteiger partial charge in [-0.1, -0.05) is 29.8 Å². The number of nitrogens with one attached hydrogen (secondary N) is 1. The van der Waals surface area contributed by atoms with Crippen molar-refractivity contribution in [2.45, 2.75) is 62.3 Å². The molecule has 10 nitrogen and oxygen atoms in total. The highest BCUT2D eigenvalue weighted by Gasteiger charge is 2.52. The zero-order valence-corrected chi connectivity index (χ0v) is 23.1. The first kappa shape index (κ1) is 32.7. The molecule has 1 heterocycles. The summed E-state index contributed by atoms with van der Waals surface area (Å²) < 4.78 is 80.5. The Morgan fingerprint density at radius 2 is 1.68 bits per heavy atom. The number of halogens is 7. The van der Waals surface area contributed by atoms with Gasteiger partial charge < -0.3 is 15.5 Å². The number of hydrogen-bond acceptors (Lipinski definition) is 6. The lowest BCUT2D eigenvalue weighted by Crippen LogP contribution is -2.45. The number of Topliss-reactive ketones (excluding diaryl/α,β-unsaturated/α-hetero) is 1. The fourth-order valence-corrected chi connectivity index (χ4v) is 4.52. The molecule has 0 spiro atoms. The summed E-state index contributed by atoms with van der Waals surface area (Å²) in [5, 5.41) is 25.5. The van der Waals surface area contributed by atoms with Crippen LogP contribution in [0.25, 0.3) is 11.4 Å². The maximum atomic E-state index is 13.4. The van der Waals surface area contributed by atoms with Crippen molar-refractivity contribution in [1.29, 1.82) is 0 Å². The van der Waals surface area contributed by atoms with Crippen LogP contribution in [0.1, 0.15) is 36.3 Å². The van der Waals surface area contributed by atoms with E-state index in [1.807, 2.05) is 0 Å². The second kappa shape index (κ2) is 12.1. The fourth-order valence-electron chi connectivity index (χ4n) is 4.39. The molecular formula is C27H23ClF6N4O6. The fraction of sp³-hybridized carbons (Fsp3) is 0.370. The second-order valence-corrected chi connectivity index (χ2v) is 10.7. The first-order valence-corrected chi connectivity index (χ1v) is 13.2. The van der Waals surface area contributed by atoms with E-state index in [0.717, 1.165) is 18.2 Å². The van der Waals surface area contributed by atoms with Crippen molar-refractivity contribution >= 4 is 29.3 Å². The molecule has 0 aliphatic heterocycles. The number of carbonyl (C=O) groups excluding carboxylic acids is 2. The quantitative estimate of drug-likeness (QED) is 0.269. The second-order valence-electron chi connectivity index (χ2n) is 10.2. The molecule has 1 saturated carbocycles. The number of aliphatic hydroxyl groups is 1. The number of aliphatic carboxylic acids is 1. The third kappa shape index (κ3) is 7.30. The summed E-state index contributed by atoms with van der Waals surface area (Å²) in [6.07, 6.45) is -13.6. The van der Waals surface area contributed by atoms with E-state index in [1.54, 1.807) is 0 Å². The third-order valence-corrected chi connectivity index (χ3v) is 7.22. The minimum atomic E-state index is -5.10. The number of aliphatic hydroxyl groups excluding tert-OH is 1. The predicted octanol–water partition coefficient (Wildman–Crippen LogP) is 3.78. The molecule has 3 N–H and O–H groups in total. The summed E-state index contributed by atoms with van der Waals surface area (Å²) >= 11 is 5.85. The van der Waals surface area contributed by atoms with Crippen molar-refractivity contribution in [2.24, 2.45) is 0 Å². The smallest absolute Gasteiger partial charge is 0.416 e. The minimum Gasteiger partial charge on any atom is -0.480 e. The number of ketones is 1. The van der Waals surface area contributed by atoms with Crippen LogP contribution in [0, 0.1) is 0 Å². The Labute approximate surface area is 248 Å². The SMILES string of the molecule is O=C(CC(C(=O)NC1(C(=O)O)CC1)c1cccc(C(F)(F)F)c1)Cn1nc(-c2ccc(Cl)cc2)n(C[C@H](O)C(F)(F)F)c1=O. The normalized spacial score (nSPS) is 15.8. The van der Waals surface area contributed by atoms with Crippen LogP contribution in [-0.4, -0.2) is 60.0 Å². The van der Waals surface area contributed by atoms with Gasteiger partial charge in [0, 0.05) is 17.0 Å². The topological polar surface area (TPSA) is 144 Å². The maximum absolute atomic E-state index is 13.4. The number of nitrogens with zero attached hydrogens (tertiary/aromatic N) is 3. The Morgan fingerprint density at radius 1 is 1.05 bits per heavy atom. The van der Waals surface area contributed by atoms with E-state index in [-0.39, 0.29) is 34.8 Å². The largest absolute Gasteiger partial charge is 0.480 e. The van der Waals surface area contributed by atoms with Crippen molar-refractivity contribution in [2.75, 3.05) is 0 Å². The molecule has 1 aromatic heterocycles. The highest BCUT2D eigenvalue weighted by Crippen LogP contribution is 2.37. The van der Waals surface area contributed by atoms with Gasteiger partial charge in [0.2, 0.25) is 5.91 Å². The van der Waals surface area contributed by atoms with Crippen molar-refractivity contribution < 1.29 is 50.9 Å². The zero-order valence-electron chi connectivity index (χ0n) is 22.3. The molecule has 0 radical (unpaired) electrons. The molecule has 236 valence electrons. The van der Waals surface area contributed by atoms with E-state index in [0.29, 0.717) is 15.3 Å². The molecule has 1 aliphatic rings. The van der Waals surface area contributed by atoms with E-state index in [2.05, 4.69) is 10.4 Å². The molecule has 1 unspecified atom stereocenters. The Balaban J connectivity index is 1.67. The van der Waals surface area contributed by atoms with Gasteiger partial charge in [-0.25, -0.2) is 14.3 Å². The summed E-state index contributed by atoms with van der Waals surface area (Å²) in [5.74, 6) is -5.33. The van der Waals surface area contributed by atoms with Crippen LogP contribution in [0.15, 0.2) is 53.3 Å². The van der Waals surface area contributed by atoms with Gasteiger partial charge in [-0.3, -0.25) is 14.2 Å². The maximum Gasteiger partial charge on any atom is 0.416 e. The average Bonchev–Trinajstić information content (AvgIpc) is 3.66. The van der Waals surface area contributed by atoms with Crippen molar-refractivity contribution in [1.82, 2.24) is 19.7 Å². The van der Waals surface area contributed by atoms with E-state index in [4.69, 9.17) is 11.6 Å². The summed E-state index contributed by atoms with van der Waals surface area (Å²) in [4.78, 5) is 51.0. The van der Waals surface area contributed by atoms with Gasteiger partial charge >= 0.3 is 24.0 Å². The first-order chi connectivity index (χ1) is 20.4. The number of benzene rings is 2. The third-order valence-electron chi connectivity index (χ3n) is 6.97. The minimum absolute atomic E-state index is 0.0570. The Kier molecular flexibility index (Phi) is 8.98. The molecule has 3 aromatic rings. The van der Waals surface area contributed by atoms with Gasteiger partial charge in [0.1, 0.15) is 12.1 Å². The van der Waals surface area contributed by atoms with E-state index in [1.165, 1.54) is 24.3 Å². The monoisotopic (exact) mass is 648 g/mol. The lowest BCUT2D eigenvalue weighted by molar-refractivity contribution is -0.207. The Hall–Kier alpha value is -4.18. The number of carboxylic acids is 1. The standard InChI is InChI=1S/C27H23ClF6N4O6/c28-17-6-4-14(5-7-17)21-36-38(24(44)37(21)13-20(40)27(32,33)34)12-18(39)11-19(22(41)35-25(8-9-25)23(42)43)15-2-1-3-16(10-15)26(29,30)31/h1-7,10,19-20,40H,8-9,11-13H2,(H,35,41)(H,42,43)/t19?,20-/m0/s1. The molecule has 2 atom stereocenters. The Morgan fingerprint density at radius 3 is 2.23 bits per heavy atom. The van der Waals surface area contributed by atoms with Gasteiger partial charge in [0.05, 0.1) is 18.0 Å². The summed E-state index contributed by atoms with van der Waals surface area (Å²) in [5.41, 5.74) is -4.15. The molecule has 17 heteroatoms. The highest BCUT2D eigenvalue weighted by molar-refractivity contribution is 6.30. The molecule has 44 heavy (non-hydrogen) atoms. The van der Waals surface area contributed by atoms with Crippen molar-refractivity contribution in [3.8, 4) is 11.4 Å². The van der Waals surface area contributed by atoms with Crippen LogP contribution >= 0.6 is 11.6 Å². The van der Waals surface area contributed by atoms with Crippen molar-refractivity contribution in [3.63, 3.8) is 0 Å². The number of amides is 1. The van der Waals surface area contributed by atoms with Crippen molar-refractivity contribution in [3.05, 3.63) is 75.2 Å². The number of rotatable bonds is 11. The number of carboxylic acid groups (broad SMARTS) is 1. The number of aromatic nitrogens is 3. The van der Waals surface area contributed by atoms with Crippen LogP contribution in [0.2, 0.25) is 5.02 Å². The molecule has 1 aliphatic carbocycles. The van der Waals surface area contributed by atoms with Crippen LogP contribution in [0.3, 0.4) is 0 Å². The van der Waals surface area contributed by atoms with Crippen LogP contribution < -0.4 is 11.0 Å². The van der Waals surface area contributed by atoms with Gasteiger partial charge in [0.25, 0.3) is 0 Å². The number of carbonyl (C=O) groups is 3. The molecule has 1 fully saturated rings. The van der Waals surface area contributed by atoms with Gasteiger partial charge in [-0.15, -0.1) is 5.10 Å². The Bertz CT molecular complexity index is 1630. The highest BCUT2D eigenvalue weighted by atomic mass is 35.5. The molecule has 0 saturated heterocycles. The number of alkyl halides is 6. The average molecular weight is 649 g/mol. The molecule has 1 amide bonds. The summed E-state index contributed by atoms with van der Waals surface area (Å²) in [6, 6.07) is 8.90.